The fraction of sp³-hybridized carbons (Fsp3) is 0.444. The fourth-order valence-electron chi connectivity index (χ4n) is 4.25. The molecule has 0 radical (unpaired) electrons. The Kier molecular flexibility index (Phi) is 8.85. The van der Waals surface area contributed by atoms with Crippen molar-refractivity contribution in [3.63, 3.8) is 0 Å². The summed E-state index contributed by atoms with van der Waals surface area (Å²) in [6.07, 6.45) is -1.74. The number of amides is 2. The highest BCUT2D eigenvalue weighted by atomic mass is 19.4. The first-order valence-electron chi connectivity index (χ1n) is 13.0. The minimum Gasteiger partial charge on any atom is -0.488 e. The number of nitriles is 1. The molecule has 1 aliphatic heterocycles. The third-order valence-electron chi connectivity index (χ3n) is 6.34. The van der Waals surface area contributed by atoms with Crippen molar-refractivity contribution in [1.82, 2.24) is 24.8 Å². The van der Waals surface area contributed by atoms with Gasteiger partial charge in [-0.1, -0.05) is 13.8 Å². The summed E-state index contributed by atoms with van der Waals surface area (Å²) in [5.74, 6) is -0.952. The van der Waals surface area contributed by atoms with Gasteiger partial charge in [-0.05, 0) is 31.0 Å². The second-order valence-corrected chi connectivity index (χ2v) is 10.0. The van der Waals surface area contributed by atoms with Crippen molar-refractivity contribution in [1.29, 1.82) is 5.26 Å². The smallest absolute Gasteiger partial charge is 0.488 e. The quantitative estimate of drug-likeness (QED) is 0.405. The van der Waals surface area contributed by atoms with Gasteiger partial charge in [-0.25, -0.2) is 19.1 Å². The molecular formula is C27H30F3N7O4. The monoisotopic (exact) mass is 573 g/mol. The molecule has 41 heavy (non-hydrogen) atoms. The molecule has 0 spiro atoms. The van der Waals surface area contributed by atoms with Gasteiger partial charge in [0, 0.05) is 50.0 Å². The maximum Gasteiger partial charge on any atom is 0.490 e. The number of carbonyl (C=O) groups excluding carboxylic acids is 2. The molecule has 0 saturated carbocycles. The number of aromatic nitrogens is 3. The van der Waals surface area contributed by atoms with Gasteiger partial charge < -0.3 is 24.6 Å². The number of urea groups is 1. The molecule has 1 aliphatic rings. The van der Waals surface area contributed by atoms with Crippen molar-refractivity contribution in [2.75, 3.05) is 44.2 Å². The molecule has 3 aromatic heterocycles. The van der Waals surface area contributed by atoms with E-state index >= 15 is 0 Å². The van der Waals surface area contributed by atoms with Crippen LogP contribution in [0.2, 0.25) is 0 Å². The summed E-state index contributed by atoms with van der Waals surface area (Å²) in [5.41, 5.74) is 2.05. The molecule has 1 N–H and O–H groups in total. The average Bonchev–Trinajstić information content (AvgIpc) is 3.37. The fourth-order valence-corrected chi connectivity index (χ4v) is 4.25. The molecule has 1 saturated heterocycles. The Morgan fingerprint density at radius 3 is 2.49 bits per heavy atom. The van der Waals surface area contributed by atoms with Crippen LogP contribution in [0.1, 0.15) is 26.3 Å². The van der Waals surface area contributed by atoms with Crippen molar-refractivity contribution in [3.05, 3.63) is 42.4 Å². The van der Waals surface area contributed by atoms with E-state index in [-0.39, 0.29) is 18.4 Å². The van der Waals surface area contributed by atoms with Gasteiger partial charge in [0.15, 0.2) is 0 Å². The van der Waals surface area contributed by atoms with Gasteiger partial charge in [-0.15, -0.1) is 0 Å². The first-order valence-corrected chi connectivity index (χ1v) is 13.0. The first kappa shape index (κ1) is 29.4. The molecule has 1 fully saturated rings. The van der Waals surface area contributed by atoms with Crippen LogP contribution in [0.5, 0.6) is 5.75 Å². The number of nitrogens with one attached hydrogen (secondary N) is 1. The molecule has 14 heteroatoms. The van der Waals surface area contributed by atoms with Crippen molar-refractivity contribution in [3.8, 4) is 22.9 Å². The van der Waals surface area contributed by atoms with Crippen LogP contribution in [-0.4, -0.2) is 83.1 Å². The van der Waals surface area contributed by atoms with Crippen LogP contribution in [0, 0.1) is 17.2 Å². The summed E-state index contributed by atoms with van der Waals surface area (Å²) in [4.78, 5) is 31.9. The van der Waals surface area contributed by atoms with E-state index in [4.69, 9.17) is 4.74 Å². The lowest BCUT2D eigenvalue weighted by atomic mass is 10.1. The molecule has 4 heterocycles. The van der Waals surface area contributed by atoms with Gasteiger partial charge in [-0.3, -0.25) is 0 Å². The normalized spacial score (nSPS) is 14.6. The van der Waals surface area contributed by atoms with Crippen LogP contribution < -0.4 is 15.0 Å². The molecule has 2 amide bonds. The lowest BCUT2D eigenvalue weighted by Gasteiger charge is -2.35. The Labute approximate surface area is 234 Å². The third-order valence-corrected chi connectivity index (χ3v) is 6.34. The number of fused-ring (bicyclic) bond motifs is 1. The topological polar surface area (TPSA) is 125 Å². The van der Waals surface area contributed by atoms with Crippen molar-refractivity contribution >= 4 is 23.3 Å². The lowest BCUT2D eigenvalue weighted by Crippen LogP contribution is -2.52. The van der Waals surface area contributed by atoms with E-state index < -0.39 is 18.2 Å². The van der Waals surface area contributed by atoms with E-state index in [2.05, 4.69) is 31.1 Å². The van der Waals surface area contributed by atoms with Crippen molar-refractivity contribution in [2.45, 2.75) is 33.1 Å². The highest BCUT2D eigenvalue weighted by Crippen LogP contribution is 2.31. The Bertz CT molecular complexity index is 1430. The van der Waals surface area contributed by atoms with Gasteiger partial charge in [0.1, 0.15) is 30.3 Å². The summed E-state index contributed by atoms with van der Waals surface area (Å²) in [5, 5.41) is 16.7. The SMILES string of the molecule is CC(C)CNC(=O)N1CCN(c2ccc(-c3cc(OC[C@@H](C)OC(=O)C(F)(F)F)cn4ncc(C#N)c34)cn2)CC1. The predicted octanol–water partition coefficient (Wildman–Crippen LogP) is 3.63. The van der Waals surface area contributed by atoms with E-state index in [1.54, 1.807) is 17.2 Å². The van der Waals surface area contributed by atoms with Gasteiger partial charge >= 0.3 is 18.2 Å². The van der Waals surface area contributed by atoms with Crippen LogP contribution in [0.25, 0.3) is 16.6 Å². The van der Waals surface area contributed by atoms with E-state index in [1.165, 1.54) is 23.8 Å². The minimum absolute atomic E-state index is 0.0743. The van der Waals surface area contributed by atoms with E-state index in [0.29, 0.717) is 60.8 Å². The Hall–Kier alpha value is -4.54. The molecule has 0 aliphatic carbocycles. The van der Waals surface area contributed by atoms with Crippen LogP contribution in [-0.2, 0) is 9.53 Å². The molecule has 4 rings (SSSR count). The number of alkyl halides is 3. The largest absolute Gasteiger partial charge is 0.490 e. The van der Waals surface area contributed by atoms with Crippen LogP contribution in [0.4, 0.5) is 23.8 Å². The number of pyridine rings is 2. The third kappa shape index (κ3) is 7.16. The summed E-state index contributed by atoms with van der Waals surface area (Å²) in [7, 11) is 0. The van der Waals surface area contributed by atoms with Crippen LogP contribution in [0.3, 0.4) is 0 Å². The number of halogens is 3. The zero-order chi connectivity index (χ0) is 29.7. The number of hydrogen-bond acceptors (Lipinski definition) is 8. The number of carbonyl (C=O) groups is 2. The minimum atomic E-state index is -5.10. The molecular weight excluding hydrogens is 543 g/mol. The highest BCUT2D eigenvalue weighted by Gasteiger charge is 2.41. The molecule has 11 nitrogen and oxygen atoms in total. The molecule has 1 atom stereocenters. The van der Waals surface area contributed by atoms with Gasteiger partial charge in [0.25, 0.3) is 0 Å². The Morgan fingerprint density at radius 1 is 1.15 bits per heavy atom. The van der Waals surface area contributed by atoms with Crippen molar-refractivity contribution in [2.24, 2.45) is 5.92 Å². The summed E-state index contributed by atoms with van der Waals surface area (Å²) in [6.45, 7) is 8.01. The van der Waals surface area contributed by atoms with E-state index in [9.17, 15) is 28.0 Å². The number of esters is 1. The maximum absolute atomic E-state index is 12.5. The Morgan fingerprint density at radius 2 is 1.88 bits per heavy atom. The highest BCUT2D eigenvalue weighted by molar-refractivity contribution is 5.85. The average molecular weight is 574 g/mol. The van der Waals surface area contributed by atoms with Crippen LogP contribution >= 0.6 is 0 Å². The number of rotatable bonds is 8. The van der Waals surface area contributed by atoms with Crippen LogP contribution in [0.15, 0.2) is 36.8 Å². The molecule has 0 bridgehead atoms. The molecule has 218 valence electrons. The summed E-state index contributed by atoms with van der Waals surface area (Å²) >= 11 is 0. The molecule has 3 aromatic rings. The Balaban J connectivity index is 1.48. The number of ether oxygens (including phenoxy) is 2. The van der Waals surface area contributed by atoms with Gasteiger partial charge in [0.05, 0.1) is 23.5 Å². The number of hydrogen-bond donors (Lipinski definition) is 1. The molecule has 0 unspecified atom stereocenters. The summed E-state index contributed by atoms with van der Waals surface area (Å²) < 4.78 is 48.9. The number of piperazine rings is 1. The van der Waals surface area contributed by atoms with E-state index in [0.717, 1.165) is 5.82 Å². The maximum atomic E-state index is 12.5. The first-order chi connectivity index (χ1) is 19.5. The number of nitrogens with zero attached hydrogens (tertiary/aromatic N) is 6. The van der Waals surface area contributed by atoms with Crippen molar-refractivity contribution < 1.29 is 32.2 Å². The van der Waals surface area contributed by atoms with Gasteiger partial charge in [0.2, 0.25) is 0 Å². The lowest BCUT2D eigenvalue weighted by molar-refractivity contribution is -0.205. The number of anilines is 1. The second-order valence-electron chi connectivity index (χ2n) is 10.0. The van der Waals surface area contributed by atoms with Gasteiger partial charge in [-0.2, -0.15) is 23.5 Å². The standard InChI is InChI=1S/C27H30F3N7O4/c1-17(2)12-33-26(39)36-8-6-35(7-9-36)23-5-4-19(13-32-23)22-10-21(15-37-24(22)20(11-31)14-34-37)40-16-18(3)41-25(38)27(28,29)30/h4-5,10,13-15,17-18H,6-9,12,16H2,1-3H3,(H,33,39)/t18-/m1/s1. The second kappa shape index (κ2) is 12.3. The van der Waals surface area contributed by atoms with E-state index in [1.807, 2.05) is 26.0 Å². The predicted molar refractivity (Wildman–Crippen MR) is 142 cm³/mol. The molecule has 0 aromatic carbocycles. The summed E-state index contributed by atoms with van der Waals surface area (Å²) in [6, 6.07) is 7.34. The zero-order valence-corrected chi connectivity index (χ0v) is 22.8. The zero-order valence-electron chi connectivity index (χ0n) is 22.8.